The van der Waals surface area contributed by atoms with Gasteiger partial charge >= 0.3 is 0 Å². The molecule has 2 unspecified atom stereocenters. The van der Waals surface area contributed by atoms with Crippen molar-refractivity contribution in [2.24, 2.45) is 16.6 Å². The van der Waals surface area contributed by atoms with E-state index in [1.165, 1.54) is 5.56 Å². The molecule has 7 heteroatoms. The van der Waals surface area contributed by atoms with Gasteiger partial charge in [0.25, 0.3) is 0 Å². The van der Waals surface area contributed by atoms with Crippen LogP contribution in [0.2, 0.25) is 0 Å². The number of amides is 1. The monoisotopic (exact) mass is 501 g/mol. The molecule has 1 heterocycles. The van der Waals surface area contributed by atoms with E-state index in [1.807, 2.05) is 0 Å². The lowest BCUT2D eigenvalue weighted by atomic mass is 9.95. The Morgan fingerprint density at radius 2 is 2.07 bits per heavy atom. The lowest BCUT2D eigenvalue weighted by Gasteiger charge is -2.35. The van der Waals surface area contributed by atoms with Crippen LogP contribution in [-0.4, -0.2) is 68.0 Å². The lowest BCUT2D eigenvalue weighted by Crippen LogP contribution is -2.47. The summed E-state index contributed by atoms with van der Waals surface area (Å²) in [6.07, 6.45) is 3.57. The van der Waals surface area contributed by atoms with Crippen LogP contribution in [0.3, 0.4) is 0 Å². The van der Waals surface area contributed by atoms with Crippen LogP contribution in [0.25, 0.3) is 0 Å². The minimum absolute atomic E-state index is 0. The molecule has 1 saturated heterocycles. The number of nitrogens with one attached hydrogen (secondary N) is 1. The topological polar surface area (TPSA) is 74.0 Å². The standard InChI is InChI=1S/C21H35N5O.HI/c1-4-23-21(26-12-8-11-18(16-26)14-20(22)27)24-15-19(25(2)3)13-17-9-6-5-7-10-17;/h5-7,9-10,18-19H,4,8,11-16H2,1-3H3,(H2,22,27)(H,23,24);1H. The first-order valence-corrected chi connectivity index (χ1v) is 10.0. The van der Waals surface area contributed by atoms with Gasteiger partial charge in [0.2, 0.25) is 5.91 Å². The average Bonchev–Trinajstić information content (AvgIpc) is 2.64. The molecule has 0 spiro atoms. The fraction of sp³-hybridized carbons (Fsp3) is 0.619. The Morgan fingerprint density at radius 1 is 1.36 bits per heavy atom. The van der Waals surface area contributed by atoms with Gasteiger partial charge in [-0.3, -0.25) is 9.79 Å². The summed E-state index contributed by atoms with van der Waals surface area (Å²) in [6.45, 7) is 5.49. The normalized spacial score (nSPS) is 18.5. The van der Waals surface area contributed by atoms with Crippen molar-refractivity contribution < 1.29 is 4.79 Å². The van der Waals surface area contributed by atoms with Crippen LogP contribution in [0.5, 0.6) is 0 Å². The summed E-state index contributed by atoms with van der Waals surface area (Å²) in [5, 5.41) is 3.43. The second-order valence-electron chi connectivity index (χ2n) is 7.63. The van der Waals surface area contributed by atoms with E-state index in [-0.39, 0.29) is 29.9 Å². The molecular formula is C21H36IN5O. The van der Waals surface area contributed by atoms with Gasteiger partial charge in [-0.15, -0.1) is 24.0 Å². The Morgan fingerprint density at radius 3 is 2.68 bits per heavy atom. The summed E-state index contributed by atoms with van der Waals surface area (Å²) in [7, 11) is 4.22. The van der Waals surface area contributed by atoms with Crippen molar-refractivity contribution in [3.8, 4) is 0 Å². The van der Waals surface area contributed by atoms with Crippen LogP contribution in [0, 0.1) is 5.92 Å². The third kappa shape index (κ3) is 8.34. The molecule has 1 aliphatic rings. The summed E-state index contributed by atoms with van der Waals surface area (Å²) < 4.78 is 0. The average molecular weight is 501 g/mol. The molecule has 0 aliphatic carbocycles. The highest BCUT2D eigenvalue weighted by atomic mass is 127. The Labute approximate surface area is 187 Å². The molecule has 158 valence electrons. The SMILES string of the molecule is CCNC(=NCC(Cc1ccccc1)N(C)C)N1CCCC(CC(N)=O)C1.I. The van der Waals surface area contributed by atoms with Crippen molar-refractivity contribution in [3.05, 3.63) is 35.9 Å². The fourth-order valence-corrected chi connectivity index (χ4v) is 3.62. The van der Waals surface area contributed by atoms with Crippen LogP contribution in [-0.2, 0) is 11.2 Å². The summed E-state index contributed by atoms with van der Waals surface area (Å²) in [4.78, 5) is 20.8. The Kier molecular flexibility index (Phi) is 11.4. The number of primary amides is 1. The van der Waals surface area contributed by atoms with Crippen molar-refractivity contribution in [2.45, 2.75) is 38.6 Å². The van der Waals surface area contributed by atoms with E-state index in [1.54, 1.807) is 0 Å². The zero-order valence-electron chi connectivity index (χ0n) is 17.4. The number of carbonyl (C=O) groups excluding carboxylic acids is 1. The molecule has 1 aromatic carbocycles. The Balaban J connectivity index is 0.00000392. The van der Waals surface area contributed by atoms with Gasteiger partial charge in [0.1, 0.15) is 0 Å². The molecular weight excluding hydrogens is 465 g/mol. The number of halogens is 1. The minimum atomic E-state index is -0.209. The highest BCUT2D eigenvalue weighted by Gasteiger charge is 2.24. The zero-order valence-corrected chi connectivity index (χ0v) is 19.8. The molecule has 1 aliphatic heterocycles. The fourth-order valence-electron chi connectivity index (χ4n) is 3.62. The molecule has 28 heavy (non-hydrogen) atoms. The van der Waals surface area contributed by atoms with E-state index < -0.39 is 0 Å². The van der Waals surface area contributed by atoms with E-state index >= 15 is 0 Å². The highest BCUT2D eigenvalue weighted by Crippen LogP contribution is 2.19. The van der Waals surface area contributed by atoms with Gasteiger partial charge in [-0.25, -0.2) is 0 Å². The summed E-state index contributed by atoms with van der Waals surface area (Å²) in [5.41, 5.74) is 6.73. The number of carbonyl (C=O) groups is 1. The van der Waals surface area contributed by atoms with Crippen molar-refractivity contribution >= 4 is 35.8 Å². The minimum Gasteiger partial charge on any atom is -0.370 e. The Bertz CT molecular complexity index is 608. The van der Waals surface area contributed by atoms with E-state index in [0.29, 0.717) is 18.4 Å². The number of rotatable bonds is 8. The Hall–Kier alpha value is -1.35. The lowest BCUT2D eigenvalue weighted by molar-refractivity contribution is -0.119. The maximum atomic E-state index is 11.3. The molecule has 1 fully saturated rings. The second-order valence-corrected chi connectivity index (χ2v) is 7.63. The molecule has 6 nitrogen and oxygen atoms in total. The number of piperidine rings is 1. The first-order valence-electron chi connectivity index (χ1n) is 10.0. The number of likely N-dealkylation sites (tertiary alicyclic amines) is 1. The molecule has 3 N–H and O–H groups in total. The van der Waals surface area contributed by atoms with Crippen molar-refractivity contribution in [2.75, 3.05) is 40.3 Å². The molecule has 2 atom stereocenters. The van der Waals surface area contributed by atoms with Crippen molar-refractivity contribution in [1.82, 2.24) is 15.1 Å². The first kappa shape index (κ1) is 24.7. The summed E-state index contributed by atoms with van der Waals surface area (Å²) in [6, 6.07) is 10.9. The third-order valence-electron chi connectivity index (χ3n) is 5.14. The van der Waals surface area contributed by atoms with Crippen molar-refractivity contribution in [3.63, 3.8) is 0 Å². The number of hydrogen-bond donors (Lipinski definition) is 2. The predicted octanol–water partition coefficient (Wildman–Crippen LogP) is 2.33. The van der Waals surface area contributed by atoms with Crippen LogP contribution < -0.4 is 11.1 Å². The first-order chi connectivity index (χ1) is 13.0. The van der Waals surface area contributed by atoms with E-state index in [4.69, 9.17) is 10.7 Å². The third-order valence-corrected chi connectivity index (χ3v) is 5.14. The number of nitrogens with zero attached hydrogens (tertiary/aromatic N) is 3. The van der Waals surface area contributed by atoms with E-state index in [9.17, 15) is 4.79 Å². The predicted molar refractivity (Wildman–Crippen MR) is 127 cm³/mol. The van der Waals surface area contributed by atoms with Gasteiger partial charge in [0.05, 0.1) is 6.54 Å². The smallest absolute Gasteiger partial charge is 0.217 e. The van der Waals surface area contributed by atoms with Crippen LogP contribution >= 0.6 is 24.0 Å². The summed E-state index contributed by atoms with van der Waals surface area (Å²) in [5.74, 6) is 1.07. The van der Waals surface area contributed by atoms with Crippen LogP contribution in [0.4, 0.5) is 0 Å². The van der Waals surface area contributed by atoms with E-state index in [2.05, 4.69) is 66.5 Å². The zero-order chi connectivity index (χ0) is 19.6. The number of hydrogen-bond acceptors (Lipinski definition) is 3. The highest BCUT2D eigenvalue weighted by molar-refractivity contribution is 14.0. The van der Waals surface area contributed by atoms with Gasteiger partial charge in [-0.2, -0.15) is 0 Å². The number of benzene rings is 1. The quantitative estimate of drug-likeness (QED) is 0.326. The number of likely N-dealkylation sites (N-methyl/N-ethyl adjacent to an activating group) is 1. The number of aliphatic imine (C=N–C) groups is 1. The maximum absolute atomic E-state index is 11.3. The van der Waals surface area contributed by atoms with Gasteiger partial charge < -0.3 is 20.9 Å². The molecule has 1 amide bonds. The maximum Gasteiger partial charge on any atom is 0.217 e. The molecule has 0 saturated carbocycles. The number of guanidine groups is 1. The number of nitrogens with two attached hydrogens (primary N) is 1. The second kappa shape index (κ2) is 13.0. The van der Waals surface area contributed by atoms with Crippen LogP contribution in [0.15, 0.2) is 35.3 Å². The largest absolute Gasteiger partial charge is 0.370 e. The molecule has 0 radical (unpaired) electrons. The van der Waals surface area contributed by atoms with E-state index in [0.717, 1.165) is 51.4 Å². The van der Waals surface area contributed by atoms with Gasteiger partial charge in [-0.1, -0.05) is 30.3 Å². The summed E-state index contributed by atoms with van der Waals surface area (Å²) >= 11 is 0. The van der Waals surface area contributed by atoms with Gasteiger partial charge in [-0.05, 0) is 51.8 Å². The molecule has 0 aromatic heterocycles. The van der Waals surface area contributed by atoms with Crippen LogP contribution in [0.1, 0.15) is 31.7 Å². The van der Waals surface area contributed by atoms with Gasteiger partial charge in [0.15, 0.2) is 5.96 Å². The van der Waals surface area contributed by atoms with Gasteiger partial charge in [0, 0.05) is 32.1 Å². The molecule has 0 bridgehead atoms. The molecule has 2 rings (SSSR count). The molecule has 1 aromatic rings. The van der Waals surface area contributed by atoms with Crippen molar-refractivity contribution in [1.29, 1.82) is 0 Å².